The van der Waals surface area contributed by atoms with Gasteiger partial charge < -0.3 is 15.4 Å². The van der Waals surface area contributed by atoms with Gasteiger partial charge in [0.15, 0.2) is 0 Å². The molecule has 3 fully saturated rings. The number of nitrogens with two attached hydrogens (primary N) is 1. The van der Waals surface area contributed by atoms with Crippen molar-refractivity contribution in [2.75, 3.05) is 13.1 Å². The molecule has 4 nitrogen and oxygen atoms in total. The minimum atomic E-state index is -0.429. The summed E-state index contributed by atoms with van der Waals surface area (Å²) in [7, 11) is 0. The minimum absolute atomic E-state index is 0.163. The SMILES string of the molecule is CC12CN(C(=O)OC(C)(C)C)CC(N)(C1)C2. The van der Waals surface area contributed by atoms with E-state index in [2.05, 4.69) is 6.92 Å². The van der Waals surface area contributed by atoms with Crippen LogP contribution in [0.25, 0.3) is 0 Å². The highest BCUT2D eigenvalue weighted by Gasteiger charge is 2.56. The van der Waals surface area contributed by atoms with E-state index in [-0.39, 0.29) is 17.0 Å². The Bertz CT molecular complexity index is 297. The molecule has 0 radical (unpaired) electrons. The molecule has 92 valence electrons. The zero-order valence-corrected chi connectivity index (χ0v) is 10.7. The lowest BCUT2D eigenvalue weighted by molar-refractivity contribution is -0.0731. The van der Waals surface area contributed by atoms with Crippen molar-refractivity contribution < 1.29 is 9.53 Å². The molecule has 0 aromatic rings. The maximum atomic E-state index is 11.9. The Hall–Kier alpha value is -0.770. The molecular weight excluding hydrogens is 204 g/mol. The van der Waals surface area contributed by atoms with Crippen LogP contribution in [0.5, 0.6) is 0 Å². The fourth-order valence-electron chi connectivity index (χ4n) is 3.22. The predicted molar refractivity (Wildman–Crippen MR) is 62.1 cm³/mol. The van der Waals surface area contributed by atoms with E-state index in [1.807, 2.05) is 20.8 Å². The lowest BCUT2D eigenvalue weighted by Crippen LogP contribution is -2.71. The van der Waals surface area contributed by atoms with Gasteiger partial charge in [-0.2, -0.15) is 0 Å². The van der Waals surface area contributed by atoms with E-state index in [4.69, 9.17) is 10.5 Å². The van der Waals surface area contributed by atoms with Gasteiger partial charge in [0.2, 0.25) is 0 Å². The maximum absolute atomic E-state index is 11.9. The summed E-state index contributed by atoms with van der Waals surface area (Å²) in [5.74, 6) is 0. The van der Waals surface area contributed by atoms with Crippen molar-refractivity contribution in [2.24, 2.45) is 11.1 Å². The Morgan fingerprint density at radius 2 is 1.88 bits per heavy atom. The molecule has 0 spiro atoms. The quantitative estimate of drug-likeness (QED) is 0.684. The Morgan fingerprint density at radius 3 is 2.31 bits per heavy atom. The van der Waals surface area contributed by atoms with Crippen LogP contribution in [0.2, 0.25) is 0 Å². The number of carbonyl (C=O) groups excluding carboxylic acids is 1. The highest BCUT2D eigenvalue weighted by Crippen LogP contribution is 2.51. The first-order valence-corrected chi connectivity index (χ1v) is 5.88. The smallest absolute Gasteiger partial charge is 0.410 e. The summed E-state index contributed by atoms with van der Waals surface area (Å²) in [5, 5.41) is 0. The largest absolute Gasteiger partial charge is 0.444 e. The minimum Gasteiger partial charge on any atom is -0.444 e. The van der Waals surface area contributed by atoms with Crippen LogP contribution in [-0.2, 0) is 4.74 Å². The van der Waals surface area contributed by atoms with Gasteiger partial charge in [-0.3, -0.25) is 0 Å². The molecule has 16 heavy (non-hydrogen) atoms. The maximum Gasteiger partial charge on any atom is 0.410 e. The molecule has 2 aliphatic heterocycles. The summed E-state index contributed by atoms with van der Waals surface area (Å²) in [6.07, 6.45) is 1.83. The van der Waals surface area contributed by atoms with Crippen molar-refractivity contribution in [2.45, 2.75) is 51.7 Å². The summed E-state index contributed by atoms with van der Waals surface area (Å²) in [5.41, 5.74) is 5.79. The first kappa shape index (κ1) is 11.7. The second-order valence-electron chi connectivity index (χ2n) is 6.86. The number of hydrogen-bond donors (Lipinski definition) is 1. The molecule has 2 N–H and O–H groups in total. The molecule has 1 saturated carbocycles. The van der Waals surface area contributed by atoms with Crippen molar-refractivity contribution in [3.05, 3.63) is 0 Å². The zero-order valence-electron chi connectivity index (χ0n) is 10.7. The molecule has 2 bridgehead atoms. The molecular formula is C12H22N2O2. The van der Waals surface area contributed by atoms with Gasteiger partial charge in [0.05, 0.1) is 0 Å². The van der Waals surface area contributed by atoms with E-state index < -0.39 is 5.60 Å². The third kappa shape index (κ3) is 2.17. The van der Waals surface area contributed by atoms with Crippen molar-refractivity contribution >= 4 is 6.09 Å². The third-order valence-corrected chi connectivity index (χ3v) is 3.29. The summed E-state index contributed by atoms with van der Waals surface area (Å²) < 4.78 is 5.37. The highest BCUT2D eigenvalue weighted by atomic mass is 16.6. The van der Waals surface area contributed by atoms with Crippen LogP contribution in [0.15, 0.2) is 0 Å². The molecule has 3 aliphatic rings. The van der Waals surface area contributed by atoms with Gasteiger partial charge in [-0.25, -0.2) is 4.79 Å². The third-order valence-electron chi connectivity index (χ3n) is 3.29. The van der Waals surface area contributed by atoms with Crippen LogP contribution in [0, 0.1) is 5.41 Å². The molecule has 0 unspecified atom stereocenters. The molecule has 4 heteroatoms. The Morgan fingerprint density at radius 1 is 1.31 bits per heavy atom. The first-order chi connectivity index (χ1) is 7.11. The Labute approximate surface area is 97.1 Å². The highest BCUT2D eigenvalue weighted by molar-refractivity contribution is 5.69. The molecule has 0 aromatic carbocycles. The average molecular weight is 226 g/mol. The van der Waals surface area contributed by atoms with Gasteiger partial charge in [0.1, 0.15) is 5.60 Å². The average Bonchev–Trinajstić information content (AvgIpc) is 1.95. The van der Waals surface area contributed by atoms with E-state index in [0.29, 0.717) is 6.54 Å². The second kappa shape index (κ2) is 3.13. The van der Waals surface area contributed by atoms with Crippen molar-refractivity contribution in [1.82, 2.24) is 4.90 Å². The van der Waals surface area contributed by atoms with Crippen LogP contribution < -0.4 is 5.73 Å². The van der Waals surface area contributed by atoms with Gasteiger partial charge in [-0.15, -0.1) is 0 Å². The standard InChI is InChI=1S/C12H22N2O2/c1-10(2,3)16-9(15)14-7-11(4)5-12(13,6-11)8-14/h5-8,13H2,1-4H3. The molecule has 2 heterocycles. The van der Waals surface area contributed by atoms with Crippen LogP contribution in [0.1, 0.15) is 40.5 Å². The van der Waals surface area contributed by atoms with Gasteiger partial charge in [-0.05, 0) is 39.0 Å². The molecule has 0 atom stereocenters. The van der Waals surface area contributed by atoms with Crippen molar-refractivity contribution in [3.63, 3.8) is 0 Å². The fourth-order valence-corrected chi connectivity index (χ4v) is 3.22. The van der Waals surface area contributed by atoms with Crippen molar-refractivity contribution in [1.29, 1.82) is 0 Å². The van der Waals surface area contributed by atoms with Crippen LogP contribution >= 0.6 is 0 Å². The molecule has 3 rings (SSSR count). The summed E-state index contributed by atoms with van der Waals surface area (Å²) in [6, 6.07) is 0. The zero-order chi connectivity index (χ0) is 12.2. The molecule has 1 amide bonds. The number of rotatable bonds is 0. The van der Waals surface area contributed by atoms with E-state index in [0.717, 1.165) is 19.4 Å². The van der Waals surface area contributed by atoms with Gasteiger partial charge in [0.25, 0.3) is 0 Å². The monoisotopic (exact) mass is 226 g/mol. The number of hydrogen-bond acceptors (Lipinski definition) is 3. The fraction of sp³-hybridized carbons (Fsp3) is 0.917. The first-order valence-electron chi connectivity index (χ1n) is 5.88. The van der Waals surface area contributed by atoms with Crippen LogP contribution in [0.3, 0.4) is 0 Å². The lowest BCUT2D eigenvalue weighted by atomic mass is 9.55. The van der Waals surface area contributed by atoms with Crippen LogP contribution in [0.4, 0.5) is 4.79 Å². The number of ether oxygens (including phenoxy) is 1. The summed E-state index contributed by atoms with van der Waals surface area (Å²) >= 11 is 0. The van der Waals surface area contributed by atoms with Gasteiger partial charge >= 0.3 is 6.09 Å². The number of piperidine rings is 2. The summed E-state index contributed by atoms with van der Waals surface area (Å²) in [4.78, 5) is 13.7. The molecule has 0 aromatic heterocycles. The molecule has 2 saturated heterocycles. The number of fused-ring (bicyclic) bond motifs is 2. The van der Waals surface area contributed by atoms with E-state index in [9.17, 15) is 4.79 Å². The molecule has 1 aliphatic carbocycles. The normalized spacial score (nSPS) is 37.9. The predicted octanol–water partition coefficient (Wildman–Crippen LogP) is 1.73. The van der Waals surface area contributed by atoms with Gasteiger partial charge in [-0.1, -0.05) is 6.92 Å². The Kier molecular flexibility index (Phi) is 2.29. The van der Waals surface area contributed by atoms with Crippen molar-refractivity contribution in [3.8, 4) is 0 Å². The second-order valence-corrected chi connectivity index (χ2v) is 6.86. The topological polar surface area (TPSA) is 55.6 Å². The van der Waals surface area contributed by atoms with Gasteiger partial charge in [0, 0.05) is 18.6 Å². The number of amides is 1. The van der Waals surface area contributed by atoms with E-state index in [1.165, 1.54) is 0 Å². The van der Waals surface area contributed by atoms with Crippen LogP contribution in [-0.4, -0.2) is 35.2 Å². The Balaban J connectivity index is 1.99. The lowest BCUT2D eigenvalue weighted by Gasteiger charge is -2.60. The number of carbonyl (C=O) groups is 1. The van der Waals surface area contributed by atoms with E-state index in [1.54, 1.807) is 4.90 Å². The number of nitrogens with zero attached hydrogens (tertiary/aromatic N) is 1. The van der Waals surface area contributed by atoms with E-state index >= 15 is 0 Å². The summed E-state index contributed by atoms with van der Waals surface area (Å²) in [6.45, 7) is 9.26.